The minimum Gasteiger partial charge on any atom is -0.494 e. The molecule has 2 atom stereocenters. The normalized spacial score (nSPS) is 19.9. The number of esters is 1. The van der Waals surface area contributed by atoms with E-state index in [1.165, 1.54) is 16.8 Å². The predicted molar refractivity (Wildman–Crippen MR) is 256 cm³/mol. The molecule has 0 aromatic heterocycles. The highest BCUT2D eigenvalue weighted by atomic mass is 16.6. The number of carbonyl (C=O) groups excluding carboxylic acids is 2. The first kappa shape index (κ1) is 43.2. The van der Waals surface area contributed by atoms with Gasteiger partial charge in [-0.15, -0.1) is 0 Å². The molecule has 4 aliphatic rings. The number of ether oxygens (including phenoxy) is 6. The molecule has 0 radical (unpaired) electrons. The first-order chi connectivity index (χ1) is 31.3. The summed E-state index contributed by atoms with van der Waals surface area (Å²) in [5, 5.41) is 4.04. The molecule has 0 saturated carbocycles. The van der Waals surface area contributed by atoms with Gasteiger partial charge in [-0.05, 0) is 118 Å². The fourth-order valence-electron chi connectivity index (χ4n) is 9.76. The van der Waals surface area contributed by atoms with E-state index in [1.807, 2.05) is 74.9 Å². The third-order valence-electron chi connectivity index (χ3n) is 13.4. The van der Waals surface area contributed by atoms with Crippen LogP contribution < -0.4 is 28.7 Å². The van der Waals surface area contributed by atoms with Gasteiger partial charge in [0.1, 0.15) is 34.4 Å². The maximum atomic E-state index is 12.0. The van der Waals surface area contributed by atoms with Crippen molar-refractivity contribution in [3.05, 3.63) is 120 Å². The highest BCUT2D eigenvalue weighted by molar-refractivity contribution is 6.02. The van der Waals surface area contributed by atoms with Crippen LogP contribution in [0.1, 0.15) is 58.6 Å². The topological polar surface area (TPSA) is 121 Å². The van der Waals surface area contributed by atoms with Gasteiger partial charge in [-0.25, -0.2) is 4.79 Å². The van der Waals surface area contributed by atoms with Gasteiger partial charge in [0.15, 0.2) is 6.61 Å². The summed E-state index contributed by atoms with van der Waals surface area (Å²) < 4.78 is 34.7. The fraction of sp³-hybridized carbons (Fsp3) is 0.321. The smallest absolute Gasteiger partial charge is 0.344 e. The summed E-state index contributed by atoms with van der Waals surface area (Å²) in [6.07, 6.45) is 5.12. The number of hydrogen-bond acceptors (Lipinski definition) is 12. The Hall–Kier alpha value is -7.08. The number of benzene rings is 6. The number of likely N-dealkylation sites (N-methyl/N-ethyl adjacent to an activating group) is 2. The van der Waals surface area contributed by atoms with Crippen molar-refractivity contribution in [2.45, 2.75) is 69.7 Å². The van der Waals surface area contributed by atoms with Gasteiger partial charge < -0.3 is 38.2 Å². The number of nitrogens with zero attached hydrogens (tertiary/aromatic N) is 4. The SMILES string of the molecule is CCOc1ccc2ccc3c(c2c1)N=CC1(O3)N(C)c2ccccc2C1(C)C.CN1c2ccccc2C(C)(C)C12C=Nc1c(ccc3ccc(OCC(=O)OCCCCOC=O)cc13)O2. The summed E-state index contributed by atoms with van der Waals surface area (Å²) in [7, 11) is 4.12. The lowest BCUT2D eigenvalue weighted by molar-refractivity contribution is -0.146. The number of fused-ring (bicyclic) bond motifs is 8. The monoisotopic (exact) mass is 874 g/mol. The van der Waals surface area contributed by atoms with E-state index < -0.39 is 17.4 Å². The molecule has 65 heavy (non-hydrogen) atoms. The standard InChI is InChI=1S/C29H30N2O6.C24H24N2O2/c1-28(2)23-8-4-5-9-24(23)31(3)29(28)18-30-27-22-16-21(12-10-20(22)11-13-25(27)37-29)36-17-26(33)35-15-7-6-14-34-19-32;1-5-27-17-12-10-16-11-13-21-22(18(16)14-17)25-15-24(28-21)23(2,3)19-8-6-7-9-20(19)26(24)4/h4-5,8-13,16,18-19H,6-7,14-15,17H2,1-3H3;6-15H,5H2,1-4H3. The highest BCUT2D eigenvalue weighted by Gasteiger charge is 2.59. The molecule has 10 rings (SSSR count). The average Bonchev–Trinajstić information content (AvgIpc) is 3.58. The molecule has 0 amide bonds. The number of para-hydroxylation sites is 2. The molecule has 2 spiro atoms. The second-order valence-electron chi connectivity index (χ2n) is 17.7. The summed E-state index contributed by atoms with van der Waals surface area (Å²) in [5.74, 6) is 2.43. The number of anilines is 2. The van der Waals surface area contributed by atoms with Crippen molar-refractivity contribution in [2.24, 2.45) is 9.98 Å². The van der Waals surface area contributed by atoms with Crippen LogP contribution in [0, 0.1) is 0 Å². The number of rotatable bonds is 11. The average molecular weight is 875 g/mol. The lowest BCUT2D eigenvalue weighted by Crippen LogP contribution is -2.61. The Morgan fingerprint density at radius 2 is 1.12 bits per heavy atom. The van der Waals surface area contributed by atoms with Crippen LogP contribution in [-0.4, -0.2) is 76.8 Å². The Labute approximate surface area is 379 Å². The van der Waals surface area contributed by atoms with Crippen molar-refractivity contribution < 1.29 is 38.0 Å². The lowest BCUT2D eigenvalue weighted by atomic mass is 9.77. The second kappa shape index (κ2) is 16.8. The van der Waals surface area contributed by atoms with E-state index >= 15 is 0 Å². The van der Waals surface area contributed by atoms with Crippen LogP contribution in [0.25, 0.3) is 21.5 Å². The van der Waals surface area contributed by atoms with Crippen molar-refractivity contribution in [1.82, 2.24) is 0 Å². The van der Waals surface area contributed by atoms with E-state index in [0.717, 1.165) is 50.1 Å². The van der Waals surface area contributed by atoms with Gasteiger partial charge in [-0.2, -0.15) is 0 Å². The zero-order valence-corrected chi connectivity index (χ0v) is 37.9. The van der Waals surface area contributed by atoms with Crippen molar-refractivity contribution in [3.8, 4) is 23.0 Å². The first-order valence-electron chi connectivity index (χ1n) is 22.1. The summed E-state index contributed by atoms with van der Waals surface area (Å²) in [4.78, 5) is 36.4. The first-order valence-corrected chi connectivity index (χ1v) is 22.1. The lowest BCUT2D eigenvalue weighted by Gasteiger charge is -2.45. The quantitative estimate of drug-likeness (QED) is 0.0707. The molecule has 4 heterocycles. The Kier molecular flexibility index (Phi) is 11.2. The van der Waals surface area contributed by atoms with Crippen LogP contribution in [0.4, 0.5) is 22.7 Å². The molecule has 0 aliphatic carbocycles. The molecular formula is C53H54N4O8. The van der Waals surface area contributed by atoms with E-state index in [0.29, 0.717) is 44.0 Å². The van der Waals surface area contributed by atoms with Crippen molar-refractivity contribution in [2.75, 3.05) is 50.3 Å². The summed E-state index contributed by atoms with van der Waals surface area (Å²) in [6, 6.07) is 36.7. The van der Waals surface area contributed by atoms with E-state index in [1.54, 1.807) is 0 Å². The van der Waals surface area contributed by atoms with Crippen LogP contribution in [0.15, 0.2) is 119 Å². The Balaban J connectivity index is 0.000000170. The van der Waals surface area contributed by atoms with Crippen molar-refractivity contribution in [3.63, 3.8) is 0 Å². The maximum Gasteiger partial charge on any atom is 0.344 e. The third kappa shape index (κ3) is 7.15. The minimum absolute atomic E-state index is 0.203. The second-order valence-corrected chi connectivity index (χ2v) is 17.7. The highest BCUT2D eigenvalue weighted by Crippen LogP contribution is 2.56. The van der Waals surface area contributed by atoms with Gasteiger partial charge in [0.25, 0.3) is 6.47 Å². The summed E-state index contributed by atoms with van der Waals surface area (Å²) >= 11 is 0. The maximum absolute atomic E-state index is 12.0. The van der Waals surface area contributed by atoms with Gasteiger partial charge in [0.2, 0.25) is 11.4 Å². The molecule has 6 aromatic carbocycles. The van der Waals surface area contributed by atoms with Crippen LogP contribution in [0.3, 0.4) is 0 Å². The largest absolute Gasteiger partial charge is 0.494 e. The number of aliphatic imine (C=N–C) groups is 2. The van der Waals surface area contributed by atoms with E-state index in [4.69, 9.17) is 33.7 Å². The molecule has 0 fully saturated rings. The Morgan fingerprint density at radius 3 is 1.62 bits per heavy atom. The Morgan fingerprint density at radius 1 is 0.646 bits per heavy atom. The van der Waals surface area contributed by atoms with E-state index in [-0.39, 0.29) is 24.0 Å². The molecule has 4 aliphatic heterocycles. The molecule has 334 valence electrons. The van der Waals surface area contributed by atoms with Crippen molar-refractivity contribution in [1.29, 1.82) is 0 Å². The third-order valence-corrected chi connectivity index (χ3v) is 13.4. The fourth-order valence-corrected chi connectivity index (χ4v) is 9.76. The number of carbonyl (C=O) groups is 2. The van der Waals surface area contributed by atoms with E-state index in [9.17, 15) is 9.59 Å². The van der Waals surface area contributed by atoms with Crippen LogP contribution in [0.5, 0.6) is 23.0 Å². The molecule has 0 saturated heterocycles. The van der Waals surface area contributed by atoms with Gasteiger partial charge in [-0.1, -0.05) is 60.7 Å². The summed E-state index contributed by atoms with van der Waals surface area (Å²) in [6.45, 7) is 12.2. The van der Waals surface area contributed by atoms with E-state index in [2.05, 4.69) is 110 Å². The van der Waals surface area contributed by atoms with Gasteiger partial charge in [-0.3, -0.25) is 14.8 Å². The predicted octanol–water partition coefficient (Wildman–Crippen LogP) is 10.4. The number of unbranched alkanes of at least 4 members (excludes halogenated alkanes) is 1. The number of hydrogen-bond donors (Lipinski definition) is 0. The molecule has 0 N–H and O–H groups in total. The molecule has 6 aromatic rings. The zero-order valence-electron chi connectivity index (χ0n) is 37.9. The van der Waals surface area contributed by atoms with Gasteiger partial charge in [0, 0.05) is 36.2 Å². The van der Waals surface area contributed by atoms with Crippen LogP contribution in [-0.2, 0) is 29.9 Å². The molecule has 12 nitrogen and oxygen atoms in total. The van der Waals surface area contributed by atoms with Crippen LogP contribution in [0.2, 0.25) is 0 Å². The van der Waals surface area contributed by atoms with Crippen molar-refractivity contribution >= 4 is 69.2 Å². The minimum atomic E-state index is -0.755. The molecule has 0 bridgehead atoms. The molecule has 2 unspecified atom stereocenters. The zero-order chi connectivity index (χ0) is 45.6. The molecular weight excluding hydrogens is 821 g/mol. The summed E-state index contributed by atoms with van der Waals surface area (Å²) in [5.41, 5.74) is 4.39. The van der Waals surface area contributed by atoms with Gasteiger partial charge in [0.05, 0.1) is 43.1 Å². The van der Waals surface area contributed by atoms with Gasteiger partial charge >= 0.3 is 5.97 Å². The molecule has 12 heteroatoms. The van der Waals surface area contributed by atoms with Crippen LogP contribution >= 0.6 is 0 Å². The Bertz CT molecular complexity index is 2870.